The zero-order valence-corrected chi connectivity index (χ0v) is 10.8. The van der Waals surface area contributed by atoms with Crippen LogP contribution in [0.25, 0.3) is 0 Å². The van der Waals surface area contributed by atoms with Crippen LogP contribution in [0.5, 0.6) is 5.75 Å². The van der Waals surface area contributed by atoms with Gasteiger partial charge in [-0.3, -0.25) is 4.79 Å². The molecule has 0 spiro atoms. The Morgan fingerprint density at radius 3 is 2.59 bits per heavy atom. The summed E-state index contributed by atoms with van der Waals surface area (Å²) in [5, 5.41) is 9.51. The molecule has 0 aliphatic heterocycles. The van der Waals surface area contributed by atoms with Gasteiger partial charge in [-0.05, 0) is 31.2 Å². The molecule has 17 heavy (non-hydrogen) atoms. The number of carboxylic acid groups (broad SMARTS) is 1. The number of benzene rings is 1. The number of carboxylic acids is 1. The van der Waals surface area contributed by atoms with E-state index in [1.54, 1.807) is 18.9 Å². The molecule has 1 N–H and O–H groups in total. The smallest absolute Gasteiger partial charge is 0.314 e. The minimum absolute atomic E-state index is 0.693. The van der Waals surface area contributed by atoms with Crippen molar-refractivity contribution in [1.29, 1.82) is 0 Å². The molecule has 1 fully saturated rings. The molecule has 1 saturated carbocycles. The molecule has 0 amide bonds. The lowest BCUT2D eigenvalue weighted by molar-refractivity contribution is -0.147. The van der Waals surface area contributed by atoms with Crippen LogP contribution in [0, 0.1) is 0 Å². The zero-order valence-electron chi connectivity index (χ0n) is 10.0. The molecular weight excluding hydrogens is 236 g/mol. The molecule has 4 heteroatoms. The molecule has 1 aromatic carbocycles. The van der Waals surface area contributed by atoms with E-state index in [0.29, 0.717) is 18.6 Å². The highest BCUT2D eigenvalue weighted by Gasteiger charge is 2.48. The van der Waals surface area contributed by atoms with E-state index in [0.717, 1.165) is 16.9 Å². The van der Waals surface area contributed by atoms with E-state index in [-0.39, 0.29) is 0 Å². The summed E-state index contributed by atoms with van der Waals surface area (Å²) in [4.78, 5) is 12.6. The molecule has 3 nitrogen and oxygen atoms in total. The fourth-order valence-electron chi connectivity index (χ4n) is 2.42. The lowest BCUT2D eigenvalue weighted by Gasteiger charge is -2.39. The number of rotatable bonds is 4. The Kier molecular flexibility index (Phi) is 3.33. The van der Waals surface area contributed by atoms with Gasteiger partial charge in [-0.25, -0.2) is 0 Å². The summed E-state index contributed by atoms with van der Waals surface area (Å²) in [6.45, 7) is 0. The maximum Gasteiger partial charge on any atom is 0.314 e. The first-order valence-corrected chi connectivity index (χ1v) is 6.83. The van der Waals surface area contributed by atoms with Crippen LogP contribution in [0.1, 0.15) is 24.8 Å². The van der Waals surface area contributed by atoms with E-state index in [1.165, 1.54) is 0 Å². The van der Waals surface area contributed by atoms with Gasteiger partial charge in [0.15, 0.2) is 0 Å². The zero-order chi connectivity index (χ0) is 12.5. The second-order valence-corrected chi connectivity index (χ2v) is 5.13. The highest BCUT2D eigenvalue weighted by molar-refractivity contribution is 7.98. The van der Waals surface area contributed by atoms with Crippen LogP contribution in [0.15, 0.2) is 23.1 Å². The number of thioether (sulfide) groups is 1. The molecule has 0 radical (unpaired) electrons. The Bertz CT molecular complexity index is 416. The van der Waals surface area contributed by atoms with Crippen LogP contribution in [0.3, 0.4) is 0 Å². The van der Waals surface area contributed by atoms with Crippen molar-refractivity contribution >= 4 is 17.7 Å². The number of ether oxygens (including phenoxy) is 1. The fraction of sp³-hybridized carbons (Fsp3) is 0.462. The molecule has 0 heterocycles. The van der Waals surface area contributed by atoms with Crippen LogP contribution >= 0.6 is 11.8 Å². The van der Waals surface area contributed by atoms with Gasteiger partial charge in [0.25, 0.3) is 0 Å². The third-order valence-electron chi connectivity index (χ3n) is 3.52. The summed E-state index contributed by atoms with van der Waals surface area (Å²) in [5.74, 6) is -0.0394. The van der Waals surface area contributed by atoms with Gasteiger partial charge in [0.05, 0.1) is 12.5 Å². The average Bonchev–Trinajstić information content (AvgIpc) is 2.27. The third kappa shape index (κ3) is 1.80. The molecular formula is C13H16O3S. The fourth-order valence-corrected chi connectivity index (χ4v) is 3.14. The van der Waals surface area contributed by atoms with Crippen molar-refractivity contribution in [1.82, 2.24) is 0 Å². The van der Waals surface area contributed by atoms with Crippen LogP contribution in [0.4, 0.5) is 0 Å². The topological polar surface area (TPSA) is 46.5 Å². The van der Waals surface area contributed by atoms with E-state index < -0.39 is 11.4 Å². The van der Waals surface area contributed by atoms with E-state index in [1.807, 2.05) is 24.5 Å². The number of aliphatic carboxylic acids is 1. The SMILES string of the molecule is COc1cccc(SC)c1C1(C(=O)O)CCC1. The van der Waals surface area contributed by atoms with Gasteiger partial charge in [-0.2, -0.15) is 0 Å². The van der Waals surface area contributed by atoms with Crippen molar-refractivity contribution in [3.63, 3.8) is 0 Å². The molecule has 2 rings (SSSR count). The summed E-state index contributed by atoms with van der Waals surface area (Å²) >= 11 is 1.58. The summed E-state index contributed by atoms with van der Waals surface area (Å²) in [7, 11) is 1.59. The lowest BCUT2D eigenvalue weighted by Crippen LogP contribution is -2.43. The van der Waals surface area contributed by atoms with E-state index in [9.17, 15) is 9.90 Å². The highest BCUT2D eigenvalue weighted by Crippen LogP contribution is 2.50. The van der Waals surface area contributed by atoms with Gasteiger partial charge in [0.1, 0.15) is 5.75 Å². The molecule has 0 aromatic heterocycles. The molecule has 1 aliphatic carbocycles. The van der Waals surface area contributed by atoms with Gasteiger partial charge in [0.2, 0.25) is 0 Å². The largest absolute Gasteiger partial charge is 0.496 e. The normalized spacial score (nSPS) is 17.3. The van der Waals surface area contributed by atoms with Gasteiger partial charge >= 0.3 is 5.97 Å². The monoisotopic (exact) mass is 252 g/mol. The Morgan fingerprint density at radius 1 is 1.47 bits per heavy atom. The summed E-state index contributed by atoms with van der Waals surface area (Å²) < 4.78 is 5.34. The Balaban J connectivity index is 2.59. The third-order valence-corrected chi connectivity index (χ3v) is 4.30. The van der Waals surface area contributed by atoms with Crippen molar-refractivity contribution < 1.29 is 14.6 Å². The predicted octanol–water partition coefficient (Wildman–Crippen LogP) is 2.92. The molecule has 0 atom stereocenters. The van der Waals surface area contributed by atoms with Gasteiger partial charge < -0.3 is 9.84 Å². The Labute approximate surface area is 105 Å². The lowest BCUT2D eigenvalue weighted by atomic mass is 9.64. The minimum atomic E-state index is -0.733. The molecule has 1 aliphatic rings. The summed E-state index contributed by atoms with van der Waals surface area (Å²) in [6.07, 6.45) is 4.34. The Hall–Kier alpha value is -1.16. The molecule has 92 valence electrons. The molecule has 0 saturated heterocycles. The van der Waals surface area contributed by atoms with Gasteiger partial charge in [-0.15, -0.1) is 11.8 Å². The first-order chi connectivity index (χ1) is 8.15. The standard InChI is InChI=1S/C13H16O3S/c1-16-9-5-3-6-10(17-2)11(9)13(12(14)15)7-4-8-13/h3,5-6H,4,7-8H2,1-2H3,(H,14,15). The van der Waals surface area contributed by atoms with E-state index in [4.69, 9.17) is 4.74 Å². The second kappa shape index (κ2) is 4.61. The first kappa shape index (κ1) is 12.3. The van der Waals surface area contributed by atoms with E-state index >= 15 is 0 Å². The van der Waals surface area contributed by atoms with E-state index in [2.05, 4.69) is 0 Å². The summed E-state index contributed by atoms with van der Waals surface area (Å²) in [6, 6.07) is 5.71. The van der Waals surface area contributed by atoms with Crippen LogP contribution < -0.4 is 4.74 Å². The number of methoxy groups -OCH3 is 1. The second-order valence-electron chi connectivity index (χ2n) is 4.28. The number of carbonyl (C=O) groups is 1. The Morgan fingerprint density at radius 2 is 2.18 bits per heavy atom. The van der Waals surface area contributed by atoms with Gasteiger partial charge in [0, 0.05) is 10.5 Å². The molecule has 0 unspecified atom stereocenters. The molecule has 1 aromatic rings. The van der Waals surface area contributed by atoms with Gasteiger partial charge in [-0.1, -0.05) is 12.5 Å². The first-order valence-electron chi connectivity index (χ1n) is 5.60. The van der Waals surface area contributed by atoms with Crippen molar-refractivity contribution in [3.05, 3.63) is 23.8 Å². The number of hydrogen-bond acceptors (Lipinski definition) is 3. The number of hydrogen-bond donors (Lipinski definition) is 1. The minimum Gasteiger partial charge on any atom is -0.496 e. The van der Waals surface area contributed by atoms with Crippen molar-refractivity contribution in [2.75, 3.05) is 13.4 Å². The maximum absolute atomic E-state index is 11.6. The van der Waals surface area contributed by atoms with Crippen molar-refractivity contribution in [2.24, 2.45) is 0 Å². The quantitative estimate of drug-likeness (QED) is 0.837. The predicted molar refractivity (Wildman–Crippen MR) is 67.9 cm³/mol. The van der Waals surface area contributed by atoms with Crippen LogP contribution in [-0.2, 0) is 10.2 Å². The van der Waals surface area contributed by atoms with Crippen molar-refractivity contribution in [3.8, 4) is 5.75 Å². The molecule has 0 bridgehead atoms. The summed E-state index contributed by atoms with van der Waals surface area (Å²) in [5.41, 5.74) is 0.124. The average molecular weight is 252 g/mol. The van der Waals surface area contributed by atoms with Crippen LogP contribution in [-0.4, -0.2) is 24.4 Å². The van der Waals surface area contributed by atoms with Crippen LogP contribution in [0.2, 0.25) is 0 Å². The highest BCUT2D eigenvalue weighted by atomic mass is 32.2. The van der Waals surface area contributed by atoms with Crippen molar-refractivity contribution in [2.45, 2.75) is 29.6 Å². The maximum atomic E-state index is 11.6.